The third-order valence-electron chi connectivity index (χ3n) is 5.49. The Morgan fingerprint density at radius 1 is 0.906 bits per heavy atom. The number of benzene rings is 2. The van der Waals surface area contributed by atoms with Gasteiger partial charge in [-0.3, -0.25) is 14.4 Å². The molecule has 0 aliphatic carbocycles. The molecule has 3 amide bonds. The highest BCUT2D eigenvalue weighted by Crippen LogP contribution is 2.19. The molecule has 0 bridgehead atoms. The van der Waals surface area contributed by atoms with E-state index in [1.54, 1.807) is 36.4 Å². The monoisotopic (exact) mass is 431 g/mol. The second-order valence-corrected chi connectivity index (χ2v) is 7.70. The lowest BCUT2D eigenvalue weighted by Crippen LogP contribution is -2.36. The van der Waals surface area contributed by atoms with Gasteiger partial charge >= 0.3 is 0 Å². The van der Waals surface area contributed by atoms with Crippen LogP contribution < -0.4 is 10.6 Å². The minimum atomic E-state index is -0.353. The van der Waals surface area contributed by atoms with Gasteiger partial charge in [0.2, 0.25) is 5.91 Å². The summed E-state index contributed by atoms with van der Waals surface area (Å²) < 4.78 is 5.05. The van der Waals surface area contributed by atoms with Gasteiger partial charge in [-0.15, -0.1) is 0 Å². The van der Waals surface area contributed by atoms with Gasteiger partial charge in [-0.05, 0) is 60.4 Å². The van der Waals surface area contributed by atoms with Crippen LogP contribution in [0.3, 0.4) is 0 Å². The molecule has 1 aromatic heterocycles. The molecule has 2 N–H and O–H groups in total. The Morgan fingerprint density at radius 2 is 1.69 bits per heavy atom. The van der Waals surface area contributed by atoms with E-state index in [1.807, 2.05) is 17.0 Å². The molecule has 3 aromatic rings. The zero-order valence-corrected chi connectivity index (χ0v) is 17.7. The molecule has 0 unspecified atom stereocenters. The van der Waals surface area contributed by atoms with Gasteiger partial charge in [-0.2, -0.15) is 0 Å². The van der Waals surface area contributed by atoms with E-state index in [9.17, 15) is 14.4 Å². The van der Waals surface area contributed by atoms with Crippen molar-refractivity contribution in [3.05, 3.63) is 89.4 Å². The number of rotatable bonds is 7. The number of amides is 3. The molecule has 0 saturated heterocycles. The third-order valence-corrected chi connectivity index (χ3v) is 5.49. The van der Waals surface area contributed by atoms with Gasteiger partial charge in [0, 0.05) is 37.3 Å². The van der Waals surface area contributed by atoms with Crippen LogP contribution in [0.1, 0.15) is 44.9 Å². The van der Waals surface area contributed by atoms with Crippen molar-refractivity contribution in [2.24, 2.45) is 0 Å². The van der Waals surface area contributed by atoms with Crippen LogP contribution in [0.2, 0.25) is 0 Å². The van der Waals surface area contributed by atoms with Crippen molar-refractivity contribution in [3.63, 3.8) is 0 Å². The molecule has 0 spiro atoms. The van der Waals surface area contributed by atoms with E-state index >= 15 is 0 Å². The number of nitrogens with zero attached hydrogens (tertiary/aromatic N) is 1. The van der Waals surface area contributed by atoms with Crippen molar-refractivity contribution in [1.82, 2.24) is 10.2 Å². The maximum absolute atomic E-state index is 12.5. The van der Waals surface area contributed by atoms with Crippen LogP contribution in [0.4, 0.5) is 5.69 Å². The molecule has 7 heteroatoms. The first-order chi connectivity index (χ1) is 15.6. The molecule has 1 aliphatic heterocycles. The first-order valence-electron chi connectivity index (χ1n) is 10.7. The standard InChI is InChI=1S/C25H25N3O4/c29-23(28-15-13-18-5-1-2-6-20(18)17-28)8-3-14-26-24(30)19-9-11-21(12-10-19)27-25(31)22-7-4-16-32-22/h1-2,4-7,9-12,16H,3,8,13-15,17H2,(H,26,30)(H,27,31). The van der Waals surface area contributed by atoms with Gasteiger partial charge in [-0.25, -0.2) is 0 Å². The highest BCUT2D eigenvalue weighted by Gasteiger charge is 2.19. The summed E-state index contributed by atoms with van der Waals surface area (Å²) in [6, 6.07) is 18.0. The number of hydrogen-bond acceptors (Lipinski definition) is 4. The fraction of sp³-hybridized carbons (Fsp3) is 0.240. The Balaban J connectivity index is 1.19. The van der Waals surface area contributed by atoms with E-state index < -0.39 is 0 Å². The highest BCUT2D eigenvalue weighted by molar-refractivity contribution is 6.02. The van der Waals surface area contributed by atoms with Gasteiger partial charge in [0.15, 0.2) is 5.76 Å². The number of carbonyl (C=O) groups is 3. The van der Waals surface area contributed by atoms with Crippen molar-refractivity contribution in [3.8, 4) is 0 Å². The lowest BCUT2D eigenvalue weighted by atomic mass is 9.99. The summed E-state index contributed by atoms with van der Waals surface area (Å²) in [5.41, 5.74) is 3.58. The summed E-state index contributed by atoms with van der Waals surface area (Å²) in [4.78, 5) is 38.7. The van der Waals surface area contributed by atoms with Crippen molar-refractivity contribution >= 4 is 23.4 Å². The first kappa shape index (κ1) is 21.4. The zero-order chi connectivity index (χ0) is 22.3. The van der Waals surface area contributed by atoms with Crippen molar-refractivity contribution in [2.75, 3.05) is 18.4 Å². The normalized spacial score (nSPS) is 12.7. The predicted octanol–water partition coefficient (Wildman–Crippen LogP) is 3.63. The fourth-order valence-electron chi connectivity index (χ4n) is 3.72. The largest absolute Gasteiger partial charge is 0.459 e. The molecule has 164 valence electrons. The SMILES string of the molecule is O=C(NCCCC(=O)N1CCc2ccccc2C1)c1ccc(NC(=O)c2ccco2)cc1. The van der Waals surface area contributed by atoms with Crippen molar-refractivity contribution in [1.29, 1.82) is 0 Å². The van der Waals surface area contributed by atoms with Gasteiger partial charge in [0.25, 0.3) is 11.8 Å². The van der Waals surface area contributed by atoms with Crippen LogP contribution in [0.15, 0.2) is 71.3 Å². The van der Waals surface area contributed by atoms with Crippen LogP contribution >= 0.6 is 0 Å². The topological polar surface area (TPSA) is 91.7 Å². The predicted molar refractivity (Wildman–Crippen MR) is 120 cm³/mol. The Bertz CT molecular complexity index is 1090. The first-order valence-corrected chi connectivity index (χ1v) is 10.7. The van der Waals surface area contributed by atoms with E-state index in [4.69, 9.17) is 4.42 Å². The highest BCUT2D eigenvalue weighted by atomic mass is 16.3. The van der Waals surface area contributed by atoms with E-state index in [0.29, 0.717) is 37.2 Å². The van der Waals surface area contributed by atoms with Gasteiger partial charge in [-0.1, -0.05) is 24.3 Å². The Morgan fingerprint density at radius 3 is 2.44 bits per heavy atom. The second kappa shape index (κ2) is 9.96. The summed E-state index contributed by atoms with van der Waals surface area (Å²) in [5.74, 6) is -0.233. The molecule has 2 aromatic carbocycles. The Labute approximate surface area is 186 Å². The fourth-order valence-corrected chi connectivity index (χ4v) is 3.72. The Hall–Kier alpha value is -3.87. The molecular weight excluding hydrogens is 406 g/mol. The van der Waals surface area contributed by atoms with Crippen molar-refractivity contribution in [2.45, 2.75) is 25.8 Å². The van der Waals surface area contributed by atoms with Gasteiger partial charge in [0.05, 0.1) is 6.26 Å². The number of furan rings is 1. The molecule has 32 heavy (non-hydrogen) atoms. The van der Waals surface area contributed by atoms with Gasteiger partial charge < -0.3 is 20.0 Å². The third kappa shape index (κ3) is 5.24. The minimum absolute atomic E-state index is 0.116. The summed E-state index contributed by atoms with van der Waals surface area (Å²) in [6.45, 7) is 1.82. The molecule has 7 nitrogen and oxygen atoms in total. The molecule has 1 aliphatic rings. The maximum Gasteiger partial charge on any atom is 0.291 e. The Kier molecular flexibility index (Phi) is 6.65. The minimum Gasteiger partial charge on any atom is -0.459 e. The molecule has 4 rings (SSSR count). The van der Waals surface area contributed by atoms with E-state index in [0.717, 1.165) is 13.0 Å². The van der Waals surface area contributed by atoms with Crippen molar-refractivity contribution < 1.29 is 18.8 Å². The zero-order valence-electron chi connectivity index (χ0n) is 17.7. The number of hydrogen-bond donors (Lipinski definition) is 2. The molecule has 0 fully saturated rings. The smallest absolute Gasteiger partial charge is 0.291 e. The lowest BCUT2D eigenvalue weighted by Gasteiger charge is -2.29. The second-order valence-electron chi connectivity index (χ2n) is 7.70. The molecule has 0 radical (unpaired) electrons. The summed E-state index contributed by atoms with van der Waals surface area (Å²) >= 11 is 0. The number of nitrogens with one attached hydrogen (secondary N) is 2. The average molecular weight is 431 g/mol. The average Bonchev–Trinajstić information content (AvgIpc) is 3.37. The molecular formula is C25H25N3O4. The van der Waals surface area contributed by atoms with Crippen LogP contribution in [0.25, 0.3) is 0 Å². The van der Waals surface area contributed by atoms with E-state index in [-0.39, 0.29) is 23.5 Å². The maximum atomic E-state index is 12.5. The number of carbonyl (C=O) groups excluding carboxylic acids is 3. The van der Waals surface area contributed by atoms with Crippen LogP contribution in [-0.4, -0.2) is 35.7 Å². The molecule has 0 saturated carbocycles. The van der Waals surface area contributed by atoms with Crippen LogP contribution in [0.5, 0.6) is 0 Å². The lowest BCUT2D eigenvalue weighted by molar-refractivity contribution is -0.132. The molecule has 0 atom stereocenters. The summed E-state index contributed by atoms with van der Waals surface area (Å²) in [5, 5.41) is 5.55. The number of fused-ring (bicyclic) bond motifs is 1. The van der Waals surface area contributed by atoms with E-state index in [2.05, 4.69) is 22.8 Å². The quantitative estimate of drug-likeness (QED) is 0.559. The van der Waals surface area contributed by atoms with Gasteiger partial charge in [0.1, 0.15) is 0 Å². The molecule has 2 heterocycles. The summed E-state index contributed by atoms with van der Waals surface area (Å²) in [6.07, 6.45) is 3.30. The summed E-state index contributed by atoms with van der Waals surface area (Å²) in [7, 11) is 0. The number of anilines is 1. The van der Waals surface area contributed by atoms with Crippen LogP contribution in [0, 0.1) is 0 Å². The van der Waals surface area contributed by atoms with Crippen LogP contribution in [-0.2, 0) is 17.8 Å². The van der Waals surface area contributed by atoms with E-state index in [1.165, 1.54) is 17.4 Å².